The maximum atomic E-state index is 11.2. The summed E-state index contributed by atoms with van der Waals surface area (Å²) >= 11 is 0. The van der Waals surface area contributed by atoms with Crippen LogP contribution in [-0.4, -0.2) is 53.1 Å². The van der Waals surface area contributed by atoms with Crippen LogP contribution in [0.1, 0.15) is 27.2 Å². The van der Waals surface area contributed by atoms with Crippen molar-refractivity contribution in [3.8, 4) is 0 Å². The van der Waals surface area contributed by atoms with Crippen LogP contribution in [0, 0.1) is 0 Å². The number of nitrogens with zero attached hydrogens (tertiary/aromatic N) is 1. The Kier molecular flexibility index (Phi) is 4.44. The monoisotopic (exact) mass is 229 g/mol. The number of carboxylic acids is 1. The molecule has 0 unspecified atom stereocenters. The topological polar surface area (TPSA) is 66.8 Å². The third kappa shape index (κ3) is 3.02. The van der Waals surface area contributed by atoms with Crippen molar-refractivity contribution in [3.05, 3.63) is 0 Å². The fourth-order valence-electron chi connectivity index (χ4n) is 2.07. The second kappa shape index (κ2) is 5.41. The first-order valence-electron chi connectivity index (χ1n) is 5.53. The first-order valence-corrected chi connectivity index (χ1v) is 5.53. The van der Waals surface area contributed by atoms with E-state index in [1.807, 2.05) is 18.7 Å². The summed E-state index contributed by atoms with van der Waals surface area (Å²) in [6.07, 6.45) is 0.298. The quantitative estimate of drug-likeness (QED) is 0.744. The first kappa shape index (κ1) is 13.1. The molecule has 1 saturated heterocycles. The Morgan fingerprint density at radius 1 is 1.50 bits per heavy atom. The molecule has 0 aromatic carbocycles. The fraction of sp³-hybridized carbons (Fsp3) is 0.818. The van der Waals surface area contributed by atoms with E-state index in [0.29, 0.717) is 13.0 Å². The molecule has 1 rings (SSSR count). The van der Waals surface area contributed by atoms with Crippen LogP contribution in [0.2, 0.25) is 0 Å². The number of Topliss-reactive ketones (excluding diaryl/α,β-unsaturated/α-hetero) is 1. The number of ketones is 1. The Balaban J connectivity index is 2.64. The third-order valence-corrected chi connectivity index (χ3v) is 2.80. The zero-order valence-electron chi connectivity index (χ0n) is 9.97. The average Bonchev–Trinajstić information content (AvgIpc) is 2.57. The molecule has 0 spiro atoms. The highest BCUT2D eigenvalue weighted by atomic mass is 16.5. The predicted octanol–water partition coefficient (Wildman–Crippen LogP) is 0.528. The Hall–Kier alpha value is -0.940. The van der Waals surface area contributed by atoms with Crippen molar-refractivity contribution in [1.29, 1.82) is 0 Å². The molecule has 1 heterocycles. The Labute approximate surface area is 95.4 Å². The molecule has 0 aromatic heterocycles. The number of carbonyl (C=O) groups is 2. The number of hydrogen-bond donors (Lipinski definition) is 1. The normalized spacial score (nSPS) is 26.2. The van der Waals surface area contributed by atoms with E-state index in [1.165, 1.54) is 6.92 Å². The van der Waals surface area contributed by atoms with Gasteiger partial charge in [0.05, 0.1) is 6.10 Å². The lowest BCUT2D eigenvalue weighted by atomic mass is 10.1. The van der Waals surface area contributed by atoms with Crippen molar-refractivity contribution in [2.24, 2.45) is 0 Å². The molecule has 0 saturated carbocycles. The SMILES string of the molecule is CC(=O)CO[C@@H]1CCN(C(C)C)[C@@H]1C(=O)O. The van der Waals surface area contributed by atoms with Gasteiger partial charge in [-0.05, 0) is 27.2 Å². The minimum Gasteiger partial charge on any atom is -0.480 e. The molecule has 2 atom stereocenters. The maximum Gasteiger partial charge on any atom is 0.323 e. The van der Waals surface area contributed by atoms with Gasteiger partial charge in [-0.25, -0.2) is 0 Å². The van der Waals surface area contributed by atoms with Gasteiger partial charge >= 0.3 is 5.97 Å². The van der Waals surface area contributed by atoms with E-state index >= 15 is 0 Å². The van der Waals surface area contributed by atoms with Crippen LogP contribution in [0.5, 0.6) is 0 Å². The van der Waals surface area contributed by atoms with Crippen molar-refractivity contribution in [3.63, 3.8) is 0 Å². The molecule has 5 heteroatoms. The molecule has 1 aliphatic rings. The summed E-state index contributed by atoms with van der Waals surface area (Å²) in [6, 6.07) is -0.452. The Bertz CT molecular complexity index is 277. The zero-order chi connectivity index (χ0) is 12.3. The number of aliphatic carboxylic acids is 1. The van der Waals surface area contributed by atoms with Gasteiger partial charge in [0.2, 0.25) is 0 Å². The first-order chi connectivity index (χ1) is 7.43. The van der Waals surface area contributed by atoms with Gasteiger partial charge in [0.15, 0.2) is 5.78 Å². The van der Waals surface area contributed by atoms with Crippen LogP contribution in [0.4, 0.5) is 0 Å². The van der Waals surface area contributed by atoms with Gasteiger partial charge in [-0.3, -0.25) is 14.5 Å². The summed E-state index contributed by atoms with van der Waals surface area (Å²) in [5.41, 5.74) is 0. The largest absolute Gasteiger partial charge is 0.480 e. The van der Waals surface area contributed by atoms with Gasteiger partial charge in [-0.2, -0.15) is 0 Å². The lowest BCUT2D eigenvalue weighted by molar-refractivity contribution is -0.148. The molecule has 1 aliphatic heterocycles. The highest BCUT2D eigenvalue weighted by Crippen LogP contribution is 2.23. The fourth-order valence-corrected chi connectivity index (χ4v) is 2.07. The number of carbonyl (C=O) groups excluding carboxylic acids is 1. The number of hydrogen-bond acceptors (Lipinski definition) is 4. The van der Waals surface area contributed by atoms with Gasteiger partial charge in [-0.1, -0.05) is 0 Å². The number of ether oxygens (including phenoxy) is 1. The summed E-state index contributed by atoms with van der Waals surface area (Å²) in [4.78, 5) is 23.9. The number of likely N-dealkylation sites (tertiary alicyclic amines) is 1. The molecule has 0 radical (unpaired) electrons. The third-order valence-electron chi connectivity index (χ3n) is 2.80. The summed E-state index contributed by atoms with van der Waals surface area (Å²) in [5.74, 6) is -0.952. The molecule has 1 N–H and O–H groups in total. The van der Waals surface area contributed by atoms with Gasteiger partial charge in [0.1, 0.15) is 12.6 Å². The standard InChI is InChI=1S/C11H19NO4/c1-7(2)12-5-4-9(10(12)11(14)15)16-6-8(3)13/h7,9-10H,4-6H2,1-3H3,(H,14,15)/t9-,10+/m1/s1. The van der Waals surface area contributed by atoms with Crippen LogP contribution >= 0.6 is 0 Å². The van der Waals surface area contributed by atoms with Gasteiger partial charge < -0.3 is 9.84 Å². The minimum atomic E-state index is -0.875. The molecule has 0 aliphatic carbocycles. The van der Waals surface area contributed by atoms with E-state index < -0.39 is 12.0 Å². The smallest absolute Gasteiger partial charge is 0.323 e. The van der Waals surface area contributed by atoms with Crippen molar-refractivity contribution >= 4 is 11.8 Å². The maximum absolute atomic E-state index is 11.2. The Morgan fingerprint density at radius 2 is 2.12 bits per heavy atom. The molecule has 0 bridgehead atoms. The van der Waals surface area contributed by atoms with Crippen LogP contribution in [0.3, 0.4) is 0 Å². The molecule has 5 nitrogen and oxygen atoms in total. The summed E-state index contributed by atoms with van der Waals surface area (Å²) in [5, 5.41) is 9.16. The molecule has 0 amide bonds. The van der Waals surface area contributed by atoms with E-state index in [-0.39, 0.29) is 24.5 Å². The van der Waals surface area contributed by atoms with E-state index in [0.717, 1.165) is 0 Å². The molecular weight excluding hydrogens is 210 g/mol. The van der Waals surface area contributed by atoms with E-state index in [2.05, 4.69) is 0 Å². The second-order valence-electron chi connectivity index (χ2n) is 4.45. The van der Waals surface area contributed by atoms with Crippen molar-refractivity contribution in [1.82, 2.24) is 4.90 Å². The lowest BCUT2D eigenvalue weighted by Gasteiger charge is -2.27. The van der Waals surface area contributed by atoms with Crippen molar-refractivity contribution in [2.45, 2.75) is 45.4 Å². The number of rotatable bonds is 5. The van der Waals surface area contributed by atoms with Gasteiger partial charge in [-0.15, -0.1) is 0 Å². The Morgan fingerprint density at radius 3 is 2.56 bits per heavy atom. The summed E-state index contributed by atoms with van der Waals surface area (Å²) in [6.45, 7) is 6.06. The molecular formula is C11H19NO4. The van der Waals surface area contributed by atoms with Crippen LogP contribution in [0.25, 0.3) is 0 Å². The molecule has 92 valence electrons. The highest BCUT2D eigenvalue weighted by Gasteiger charge is 2.41. The lowest BCUT2D eigenvalue weighted by Crippen LogP contribution is -2.46. The molecule has 1 fully saturated rings. The van der Waals surface area contributed by atoms with Crippen molar-refractivity contribution in [2.75, 3.05) is 13.2 Å². The molecule has 16 heavy (non-hydrogen) atoms. The summed E-state index contributed by atoms with van der Waals surface area (Å²) in [7, 11) is 0. The van der Waals surface area contributed by atoms with E-state index in [9.17, 15) is 9.59 Å². The zero-order valence-corrected chi connectivity index (χ0v) is 9.97. The van der Waals surface area contributed by atoms with Crippen LogP contribution < -0.4 is 0 Å². The van der Waals surface area contributed by atoms with Crippen LogP contribution in [0.15, 0.2) is 0 Å². The molecule has 0 aromatic rings. The summed E-state index contributed by atoms with van der Waals surface area (Å²) < 4.78 is 5.35. The van der Waals surface area contributed by atoms with Gasteiger partial charge in [0, 0.05) is 12.6 Å². The van der Waals surface area contributed by atoms with Gasteiger partial charge in [0.25, 0.3) is 0 Å². The van der Waals surface area contributed by atoms with Crippen LogP contribution in [-0.2, 0) is 14.3 Å². The highest BCUT2D eigenvalue weighted by molar-refractivity contribution is 5.77. The average molecular weight is 229 g/mol. The number of carboxylic acid groups (broad SMARTS) is 1. The van der Waals surface area contributed by atoms with E-state index in [4.69, 9.17) is 9.84 Å². The van der Waals surface area contributed by atoms with Crippen molar-refractivity contribution < 1.29 is 19.4 Å². The predicted molar refractivity (Wildman–Crippen MR) is 58.3 cm³/mol. The second-order valence-corrected chi connectivity index (χ2v) is 4.45. The van der Waals surface area contributed by atoms with E-state index in [1.54, 1.807) is 0 Å². The minimum absolute atomic E-state index is 0.000379.